The molecule has 2 rings (SSSR count). The lowest BCUT2D eigenvalue weighted by atomic mass is 10.2. The third kappa shape index (κ3) is 4.96. The van der Waals surface area contributed by atoms with Crippen molar-refractivity contribution in [2.45, 2.75) is 24.3 Å². The zero-order valence-electron chi connectivity index (χ0n) is 11.5. The monoisotopic (exact) mass is 318 g/mol. The van der Waals surface area contributed by atoms with Gasteiger partial charge in [-0.1, -0.05) is 0 Å². The summed E-state index contributed by atoms with van der Waals surface area (Å²) in [5.74, 6) is 0.722. The summed E-state index contributed by atoms with van der Waals surface area (Å²) in [5.41, 5.74) is 0. The number of amides is 1. The molecule has 0 bridgehead atoms. The van der Waals surface area contributed by atoms with E-state index in [0.29, 0.717) is 6.42 Å². The SMILES string of the molecule is C[C@@H]1CNCCN1C(=O)CCSc1ccc(F)cc1.Cl. The lowest BCUT2D eigenvalue weighted by Gasteiger charge is -2.34. The molecule has 1 atom stereocenters. The first-order chi connectivity index (χ1) is 9.16. The highest BCUT2D eigenvalue weighted by molar-refractivity contribution is 7.99. The van der Waals surface area contributed by atoms with Crippen LogP contribution in [0.2, 0.25) is 0 Å². The second-order valence-electron chi connectivity index (χ2n) is 4.69. The summed E-state index contributed by atoms with van der Waals surface area (Å²) < 4.78 is 12.7. The van der Waals surface area contributed by atoms with Crippen LogP contribution in [0, 0.1) is 5.82 Å². The first kappa shape index (κ1) is 17.3. The molecule has 6 heteroatoms. The lowest BCUT2D eigenvalue weighted by Crippen LogP contribution is -2.52. The molecular formula is C14H20ClFN2OS. The summed E-state index contributed by atoms with van der Waals surface area (Å²) in [6.07, 6.45) is 0.534. The fraction of sp³-hybridized carbons (Fsp3) is 0.500. The number of carbonyl (C=O) groups is 1. The minimum Gasteiger partial charge on any atom is -0.337 e. The van der Waals surface area contributed by atoms with Gasteiger partial charge >= 0.3 is 0 Å². The van der Waals surface area contributed by atoms with Gasteiger partial charge in [0, 0.05) is 42.7 Å². The Labute approximate surface area is 129 Å². The molecule has 0 spiro atoms. The van der Waals surface area contributed by atoms with E-state index in [1.54, 1.807) is 23.9 Å². The minimum atomic E-state index is -0.227. The van der Waals surface area contributed by atoms with Crippen molar-refractivity contribution in [1.82, 2.24) is 10.2 Å². The maximum Gasteiger partial charge on any atom is 0.223 e. The highest BCUT2D eigenvalue weighted by Crippen LogP contribution is 2.19. The van der Waals surface area contributed by atoms with E-state index >= 15 is 0 Å². The quantitative estimate of drug-likeness (QED) is 0.866. The largest absolute Gasteiger partial charge is 0.337 e. The van der Waals surface area contributed by atoms with Crippen LogP contribution in [-0.4, -0.2) is 42.2 Å². The van der Waals surface area contributed by atoms with Crippen molar-refractivity contribution < 1.29 is 9.18 Å². The maximum absolute atomic E-state index is 12.7. The molecule has 1 N–H and O–H groups in total. The number of thioether (sulfide) groups is 1. The highest BCUT2D eigenvalue weighted by Gasteiger charge is 2.22. The molecule has 1 saturated heterocycles. The van der Waals surface area contributed by atoms with E-state index in [2.05, 4.69) is 12.2 Å². The van der Waals surface area contributed by atoms with Crippen LogP contribution in [-0.2, 0) is 4.79 Å². The molecule has 1 aromatic rings. The van der Waals surface area contributed by atoms with Crippen molar-refractivity contribution in [2.75, 3.05) is 25.4 Å². The Morgan fingerprint density at radius 3 is 2.80 bits per heavy atom. The third-order valence-corrected chi connectivity index (χ3v) is 4.23. The summed E-state index contributed by atoms with van der Waals surface area (Å²) in [6.45, 7) is 4.61. The second-order valence-corrected chi connectivity index (χ2v) is 5.86. The summed E-state index contributed by atoms with van der Waals surface area (Å²) in [7, 11) is 0. The zero-order chi connectivity index (χ0) is 13.7. The van der Waals surface area contributed by atoms with Gasteiger partial charge in [-0.2, -0.15) is 0 Å². The van der Waals surface area contributed by atoms with Crippen molar-refractivity contribution in [2.24, 2.45) is 0 Å². The normalized spacial score (nSPS) is 18.5. The molecule has 1 fully saturated rings. The number of carbonyl (C=O) groups excluding carboxylic acids is 1. The van der Waals surface area contributed by atoms with Crippen LogP contribution in [0.4, 0.5) is 4.39 Å². The molecule has 0 radical (unpaired) electrons. The van der Waals surface area contributed by atoms with Crippen molar-refractivity contribution in [3.8, 4) is 0 Å². The first-order valence-corrected chi connectivity index (χ1v) is 7.54. The van der Waals surface area contributed by atoms with Gasteiger partial charge in [-0.05, 0) is 31.2 Å². The standard InChI is InChI=1S/C14H19FN2OS.ClH/c1-11-10-16-7-8-17(11)14(18)6-9-19-13-4-2-12(15)3-5-13;/h2-5,11,16H,6-10H2,1H3;1H/t11-;/m1./s1. The molecule has 1 aromatic carbocycles. The van der Waals surface area contributed by atoms with Crippen molar-refractivity contribution in [3.63, 3.8) is 0 Å². The molecule has 0 saturated carbocycles. The number of nitrogens with one attached hydrogen (secondary N) is 1. The Morgan fingerprint density at radius 2 is 2.15 bits per heavy atom. The van der Waals surface area contributed by atoms with E-state index in [9.17, 15) is 9.18 Å². The number of hydrogen-bond acceptors (Lipinski definition) is 3. The second kappa shape index (κ2) is 8.49. The zero-order valence-corrected chi connectivity index (χ0v) is 13.1. The molecule has 3 nitrogen and oxygen atoms in total. The summed E-state index contributed by atoms with van der Waals surface area (Å²) in [4.78, 5) is 15.0. The Morgan fingerprint density at radius 1 is 1.45 bits per heavy atom. The van der Waals surface area contributed by atoms with Crippen LogP contribution in [0.25, 0.3) is 0 Å². The van der Waals surface area contributed by atoms with E-state index in [4.69, 9.17) is 0 Å². The van der Waals surface area contributed by atoms with E-state index in [1.807, 2.05) is 4.90 Å². The first-order valence-electron chi connectivity index (χ1n) is 6.55. The van der Waals surface area contributed by atoms with Crippen molar-refractivity contribution in [1.29, 1.82) is 0 Å². The van der Waals surface area contributed by atoms with Crippen LogP contribution in [0.5, 0.6) is 0 Å². The molecule has 20 heavy (non-hydrogen) atoms. The van der Waals surface area contributed by atoms with Crippen molar-refractivity contribution >= 4 is 30.1 Å². The number of hydrogen-bond donors (Lipinski definition) is 1. The molecular weight excluding hydrogens is 299 g/mol. The Kier molecular flexibility index (Phi) is 7.34. The number of piperazine rings is 1. The molecule has 1 aliphatic heterocycles. The average Bonchev–Trinajstić information content (AvgIpc) is 2.41. The molecule has 1 aliphatic rings. The highest BCUT2D eigenvalue weighted by atomic mass is 35.5. The van der Waals surface area contributed by atoms with E-state index in [1.165, 1.54) is 12.1 Å². The molecule has 112 valence electrons. The molecule has 1 heterocycles. The Bertz CT molecular complexity index is 430. The smallest absolute Gasteiger partial charge is 0.223 e. The van der Waals surface area contributed by atoms with Gasteiger partial charge in [-0.15, -0.1) is 24.2 Å². The number of benzene rings is 1. The van der Waals surface area contributed by atoms with Crippen LogP contribution in [0.1, 0.15) is 13.3 Å². The molecule has 0 aromatic heterocycles. The van der Waals surface area contributed by atoms with Gasteiger partial charge < -0.3 is 10.2 Å². The van der Waals surface area contributed by atoms with E-state index < -0.39 is 0 Å². The van der Waals surface area contributed by atoms with Crippen molar-refractivity contribution in [3.05, 3.63) is 30.1 Å². The minimum absolute atomic E-state index is 0. The number of rotatable bonds is 4. The average molecular weight is 319 g/mol. The fourth-order valence-corrected chi connectivity index (χ4v) is 2.98. The van der Waals surface area contributed by atoms with Gasteiger partial charge in [0.15, 0.2) is 0 Å². The van der Waals surface area contributed by atoms with E-state index in [0.717, 1.165) is 30.3 Å². The molecule has 1 amide bonds. The van der Waals surface area contributed by atoms with Gasteiger partial charge in [-0.25, -0.2) is 4.39 Å². The van der Waals surface area contributed by atoms with E-state index in [-0.39, 0.29) is 30.2 Å². The Balaban J connectivity index is 0.00000200. The number of halogens is 2. The fourth-order valence-electron chi connectivity index (χ4n) is 2.14. The van der Waals surface area contributed by atoms with Crippen LogP contribution < -0.4 is 5.32 Å². The van der Waals surface area contributed by atoms with Gasteiger partial charge in [0.25, 0.3) is 0 Å². The third-order valence-electron chi connectivity index (χ3n) is 3.22. The predicted octanol–water partition coefficient (Wildman–Crippen LogP) is 2.55. The topological polar surface area (TPSA) is 32.3 Å². The van der Waals surface area contributed by atoms with Gasteiger partial charge in [0.05, 0.1) is 0 Å². The summed E-state index contributed by atoms with van der Waals surface area (Å²) >= 11 is 1.59. The molecule has 0 aliphatic carbocycles. The maximum atomic E-state index is 12.7. The van der Waals surface area contributed by atoms with Crippen LogP contribution in [0.3, 0.4) is 0 Å². The number of nitrogens with zero attached hydrogens (tertiary/aromatic N) is 1. The van der Waals surface area contributed by atoms with Gasteiger partial charge in [0.1, 0.15) is 5.82 Å². The summed E-state index contributed by atoms with van der Waals surface area (Å²) in [6, 6.07) is 6.66. The predicted molar refractivity (Wildman–Crippen MR) is 83.0 cm³/mol. The molecule has 0 unspecified atom stereocenters. The van der Waals surface area contributed by atoms with Gasteiger partial charge in [0.2, 0.25) is 5.91 Å². The Hall–Kier alpha value is -0.780. The summed E-state index contributed by atoms with van der Waals surface area (Å²) in [5, 5.41) is 3.27. The van der Waals surface area contributed by atoms with Gasteiger partial charge in [-0.3, -0.25) is 4.79 Å². The van der Waals surface area contributed by atoms with Crippen LogP contribution in [0.15, 0.2) is 29.2 Å². The lowest BCUT2D eigenvalue weighted by molar-refractivity contribution is -0.133. The van der Waals surface area contributed by atoms with Crippen LogP contribution >= 0.6 is 24.2 Å².